The summed E-state index contributed by atoms with van der Waals surface area (Å²) < 4.78 is 2.17. The average Bonchev–Trinajstić information content (AvgIpc) is 2.68. The zero-order valence-electron chi connectivity index (χ0n) is 12.4. The lowest BCUT2D eigenvalue weighted by Crippen LogP contribution is -2.28. The molecule has 0 amide bonds. The van der Waals surface area contributed by atoms with Gasteiger partial charge >= 0.3 is 0 Å². The molecule has 5 heteroatoms. The topological polar surface area (TPSA) is 43.8 Å². The van der Waals surface area contributed by atoms with Crippen LogP contribution in [0.3, 0.4) is 0 Å². The molecule has 0 spiro atoms. The number of halogens is 2. The fourth-order valence-electron chi connectivity index (χ4n) is 2.24. The molecule has 0 aliphatic heterocycles. The summed E-state index contributed by atoms with van der Waals surface area (Å²) in [4.78, 5) is 4.74. The molecule has 2 rings (SSSR count). The summed E-state index contributed by atoms with van der Waals surface area (Å²) in [5.74, 6) is 1.01. The number of aromatic nitrogens is 2. The summed E-state index contributed by atoms with van der Waals surface area (Å²) in [5, 5.41) is 1.08. The standard InChI is InChI=1S/C15H21Cl2N3/c1-5-9(18)8-20-13-7-11(17)10(16)6-12(13)19-14(20)15(2,3)4/h6-7,9H,5,8,18H2,1-4H3. The number of hydrogen-bond acceptors (Lipinski definition) is 2. The van der Waals surface area contributed by atoms with Gasteiger partial charge in [-0.2, -0.15) is 0 Å². The number of nitrogens with zero attached hydrogens (tertiary/aromatic N) is 2. The van der Waals surface area contributed by atoms with E-state index >= 15 is 0 Å². The largest absolute Gasteiger partial charge is 0.326 e. The molecule has 3 nitrogen and oxygen atoms in total. The maximum Gasteiger partial charge on any atom is 0.115 e. The molecule has 2 aromatic rings. The van der Waals surface area contributed by atoms with Crippen molar-refractivity contribution in [1.82, 2.24) is 9.55 Å². The maximum absolute atomic E-state index is 6.15. The number of fused-ring (bicyclic) bond motifs is 1. The predicted molar refractivity (Wildman–Crippen MR) is 86.7 cm³/mol. The van der Waals surface area contributed by atoms with Crippen LogP contribution in [-0.4, -0.2) is 15.6 Å². The summed E-state index contributed by atoms with van der Waals surface area (Å²) in [6.45, 7) is 9.25. The Morgan fingerprint density at radius 2 is 1.85 bits per heavy atom. The fraction of sp³-hybridized carbons (Fsp3) is 0.533. The summed E-state index contributed by atoms with van der Waals surface area (Å²) in [6, 6.07) is 3.80. The minimum Gasteiger partial charge on any atom is -0.326 e. The van der Waals surface area contributed by atoms with Crippen molar-refractivity contribution in [1.29, 1.82) is 0 Å². The van der Waals surface area contributed by atoms with E-state index in [1.807, 2.05) is 12.1 Å². The average molecular weight is 314 g/mol. The van der Waals surface area contributed by atoms with E-state index in [2.05, 4.69) is 32.3 Å². The highest BCUT2D eigenvalue weighted by Crippen LogP contribution is 2.32. The van der Waals surface area contributed by atoms with E-state index in [0.29, 0.717) is 10.0 Å². The van der Waals surface area contributed by atoms with E-state index in [4.69, 9.17) is 33.9 Å². The normalized spacial score (nSPS) is 13.9. The molecular formula is C15H21Cl2N3. The second-order valence-corrected chi connectivity index (χ2v) is 7.03. The van der Waals surface area contributed by atoms with Crippen LogP contribution < -0.4 is 5.73 Å². The van der Waals surface area contributed by atoms with Crippen molar-refractivity contribution in [2.24, 2.45) is 5.73 Å². The molecule has 0 saturated carbocycles. The molecule has 0 aliphatic rings. The Balaban J connectivity index is 2.68. The molecule has 0 saturated heterocycles. The van der Waals surface area contributed by atoms with E-state index in [0.717, 1.165) is 29.8 Å². The van der Waals surface area contributed by atoms with Gasteiger partial charge in [-0.15, -0.1) is 0 Å². The quantitative estimate of drug-likeness (QED) is 0.914. The first-order valence-electron chi connectivity index (χ1n) is 6.85. The van der Waals surface area contributed by atoms with Gasteiger partial charge in [-0.1, -0.05) is 50.9 Å². The van der Waals surface area contributed by atoms with Crippen LogP contribution in [0.4, 0.5) is 0 Å². The number of benzene rings is 1. The van der Waals surface area contributed by atoms with Crippen molar-refractivity contribution in [2.75, 3.05) is 0 Å². The smallest absolute Gasteiger partial charge is 0.115 e. The van der Waals surface area contributed by atoms with Crippen LogP contribution in [0.25, 0.3) is 11.0 Å². The fourth-order valence-corrected chi connectivity index (χ4v) is 2.56. The third kappa shape index (κ3) is 2.95. The lowest BCUT2D eigenvalue weighted by molar-refractivity contribution is 0.469. The lowest BCUT2D eigenvalue weighted by Gasteiger charge is -2.22. The molecule has 2 N–H and O–H groups in total. The highest BCUT2D eigenvalue weighted by atomic mass is 35.5. The third-order valence-corrected chi connectivity index (χ3v) is 4.12. The van der Waals surface area contributed by atoms with Crippen LogP contribution >= 0.6 is 23.2 Å². The van der Waals surface area contributed by atoms with E-state index in [9.17, 15) is 0 Å². The number of rotatable bonds is 3. The monoisotopic (exact) mass is 313 g/mol. The SMILES string of the molecule is CCC(N)Cn1c(C(C)(C)C)nc2cc(Cl)c(Cl)cc21. The molecule has 0 radical (unpaired) electrons. The van der Waals surface area contributed by atoms with Gasteiger partial charge in [-0.05, 0) is 18.6 Å². The first-order chi connectivity index (χ1) is 9.24. The van der Waals surface area contributed by atoms with Gasteiger partial charge in [-0.3, -0.25) is 0 Å². The Morgan fingerprint density at radius 3 is 2.40 bits per heavy atom. The van der Waals surface area contributed by atoms with Crippen molar-refractivity contribution < 1.29 is 0 Å². The molecule has 1 aromatic carbocycles. The van der Waals surface area contributed by atoms with Crippen LogP contribution in [-0.2, 0) is 12.0 Å². The van der Waals surface area contributed by atoms with E-state index in [1.54, 1.807) is 0 Å². The molecule has 20 heavy (non-hydrogen) atoms. The van der Waals surface area contributed by atoms with Crippen molar-refractivity contribution in [3.05, 3.63) is 28.0 Å². The number of imidazole rings is 1. The van der Waals surface area contributed by atoms with Crippen molar-refractivity contribution in [3.8, 4) is 0 Å². The van der Waals surface area contributed by atoms with E-state index in [-0.39, 0.29) is 11.5 Å². The zero-order chi connectivity index (χ0) is 15.1. The van der Waals surface area contributed by atoms with Gasteiger partial charge in [0.2, 0.25) is 0 Å². The minimum atomic E-state index is -0.0641. The molecule has 110 valence electrons. The molecule has 1 heterocycles. The van der Waals surface area contributed by atoms with E-state index < -0.39 is 0 Å². The number of nitrogens with two attached hydrogens (primary N) is 1. The summed E-state index contributed by atoms with van der Waals surface area (Å²) >= 11 is 12.2. The van der Waals surface area contributed by atoms with Crippen molar-refractivity contribution in [2.45, 2.75) is 52.1 Å². The minimum absolute atomic E-state index is 0.0641. The van der Waals surface area contributed by atoms with Crippen LogP contribution in [0.2, 0.25) is 10.0 Å². The molecule has 1 aromatic heterocycles. The second kappa shape index (κ2) is 5.55. The first kappa shape index (κ1) is 15.6. The van der Waals surface area contributed by atoms with Crippen LogP contribution in [0.15, 0.2) is 12.1 Å². The Labute approximate surface area is 130 Å². The van der Waals surface area contributed by atoms with Crippen LogP contribution in [0.5, 0.6) is 0 Å². The Bertz CT molecular complexity index is 626. The highest BCUT2D eigenvalue weighted by Gasteiger charge is 2.24. The second-order valence-electron chi connectivity index (χ2n) is 6.22. The van der Waals surface area contributed by atoms with Gasteiger partial charge < -0.3 is 10.3 Å². The Kier molecular flexibility index (Phi) is 4.33. The molecule has 0 fully saturated rings. The summed E-state index contributed by atoms with van der Waals surface area (Å²) in [5.41, 5.74) is 7.93. The highest BCUT2D eigenvalue weighted by molar-refractivity contribution is 6.42. The Hall–Kier alpha value is -0.770. The van der Waals surface area contributed by atoms with Gasteiger partial charge in [0.05, 0.1) is 21.1 Å². The molecule has 1 unspecified atom stereocenters. The maximum atomic E-state index is 6.15. The van der Waals surface area contributed by atoms with Crippen molar-refractivity contribution >= 4 is 34.2 Å². The van der Waals surface area contributed by atoms with Gasteiger partial charge in [0.25, 0.3) is 0 Å². The van der Waals surface area contributed by atoms with Gasteiger partial charge in [0.15, 0.2) is 0 Å². The summed E-state index contributed by atoms with van der Waals surface area (Å²) in [7, 11) is 0. The number of hydrogen-bond donors (Lipinski definition) is 1. The van der Waals surface area contributed by atoms with Gasteiger partial charge in [0.1, 0.15) is 5.82 Å². The molecule has 0 bridgehead atoms. The van der Waals surface area contributed by atoms with Gasteiger partial charge in [-0.25, -0.2) is 4.98 Å². The molecule has 1 atom stereocenters. The summed E-state index contributed by atoms with van der Waals surface area (Å²) in [6.07, 6.45) is 0.921. The lowest BCUT2D eigenvalue weighted by atomic mass is 9.95. The van der Waals surface area contributed by atoms with Crippen LogP contribution in [0.1, 0.15) is 39.9 Å². The van der Waals surface area contributed by atoms with Crippen LogP contribution in [0, 0.1) is 0 Å². The Morgan fingerprint density at radius 1 is 1.25 bits per heavy atom. The zero-order valence-corrected chi connectivity index (χ0v) is 13.9. The first-order valence-corrected chi connectivity index (χ1v) is 7.61. The third-order valence-electron chi connectivity index (χ3n) is 3.40. The van der Waals surface area contributed by atoms with Crippen molar-refractivity contribution in [3.63, 3.8) is 0 Å². The van der Waals surface area contributed by atoms with Gasteiger partial charge in [0, 0.05) is 18.0 Å². The predicted octanol–water partition coefficient (Wildman–Crippen LogP) is 4.38. The molecular weight excluding hydrogens is 293 g/mol. The van der Waals surface area contributed by atoms with E-state index in [1.165, 1.54) is 0 Å². The molecule has 0 aliphatic carbocycles.